The Balaban J connectivity index is 1.53. The molecule has 0 aliphatic carbocycles. The fourth-order valence-electron chi connectivity index (χ4n) is 6.19. The third-order valence-electron chi connectivity index (χ3n) is 8.17. The van der Waals surface area contributed by atoms with Gasteiger partial charge in [-0.2, -0.15) is 0 Å². The highest BCUT2D eigenvalue weighted by molar-refractivity contribution is 5.92. The Labute approximate surface area is 237 Å². The number of aliphatic hydroxyl groups is 1. The minimum atomic E-state index is -0.821. The summed E-state index contributed by atoms with van der Waals surface area (Å²) in [5.41, 5.74) is 0.465. The maximum Gasteiger partial charge on any atom is 0.408 e. The number of aliphatic hydroxyl groups excluding tert-OH is 1. The molecule has 40 heavy (non-hydrogen) atoms. The van der Waals surface area contributed by atoms with Crippen LogP contribution in [0.25, 0.3) is 0 Å². The topological polar surface area (TPSA) is 117 Å². The molecule has 0 bridgehead atoms. The van der Waals surface area contributed by atoms with Crippen LogP contribution >= 0.6 is 0 Å². The van der Waals surface area contributed by atoms with E-state index in [1.165, 1.54) is 0 Å². The number of benzene rings is 1. The summed E-state index contributed by atoms with van der Waals surface area (Å²) in [6.07, 6.45) is 10.5. The van der Waals surface area contributed by atoms with Gasteiger partial charge in [-0.15, -0.1) is 0 Å². The zero-order valence-electron chi connectivity index (χ0n) is 23.8. The summed E-state index contributed by atoms with van der Waals surface area (Å²) in [4.78, 5) is 42.1. The van der Waals surface area contributed by atoms with Crippen LogP contribution in [0.3, 0.4) is 0 Å². The fraction of sp³-hybridized carbons (Fsp3) is 0.645. The van der Waals surface area contributed by atoms with Crippen LogP contribution in [0.2, 0.25) is 0 Å². The Morgan fingerprint density at radius 1 is 1.10 bits per heavy atom. The predicted molar refractivity (Wildman–Crippen MR) is 151 cm³/mol. The van der Waals surface area contributed by atoms with Crippen molar-refractivity contribution in [2.45, 2.75) is 108 Å². The van der Waals surface area contributed by atoms with Crippen molar-refractivity contribution >= 4 is 17.9 Å². The van der Waals surface area contributed by atoms with Crippen molar-refractivity contribution in [3.63, 3.8) is 0 Å². The monoisotopic (exact) mass is 555 g/mol. The van der Waals surface area contributed by atoms with Crippen LogP contribution in [0.5, 0.6) is 0 Å². The molecule has 0 unspecified atom stereocenters. The molecule has 0 saturated carbocycles. The number of carbonyl (C=O) groups excluding carboxylic acids is 3. The predicted octanol–water partition coefficient (Wildman–Crippen LogP) is 3.84. The van der Waals surface area contributed by atoms with E-state index in [9.17, 15) is 19.5 Å². The third kappa shape index (κ3) is 8.07. The number of hydrogen-bond acceptors (Lipinski definition) is 6. The molecule has 2 fully saturated rings. The number of nitrogens with one attached hydrogen (secondary N) is 2. The van der Waals surface area contributed by atoms with E-state index in [0.717, 1.165) is 44.1 Å². The molecular formula is C31H45N3O6. The number of alkyl carbamates (subject to hydrolysis) is 1. The summed E-state index contributed by atoms with van der Waals surface area (Å²) in [5, 5.41) is 15.8. The Morgan fingerprint density at radius 3 is 2.50 bits per heavy atom. The molecule has 9 nitrogen and oxygen atoms in total. The van der Waals surface area contributed by atoms with Gasteiger partial charge in [0.2, 0.25) is 11.8 Å². The maximum absolute atomic E-state index is 14.0. The number of allylic oxidation sites excluding steroid dienone is 2. The van der Waals surface area contributed by atoms with Gasteiger partial charge in [0.25, 0.3) is 0 Å². The Kier molecular flexibility index (Phi) is 10.6. The van der Waals surface area contributed by atoms with Gasteiger partial charge in [0, 0.05) is 12.5 Å². The van der Waals surface area contributed by atoms with Crippen molar-refractivity contribution in [1.82, 2.24) is 15.5 Å². The minimum Gasteiger partial charge on any atom is -0.445 e. The molecule has 0 spiro atoms. The van der Waals surface area contributed by atoms with E-state index in [0.29, 0.717) is 19.3 Å². The van der Waals surface area contributed by atoms with E-state index in [-0.39, 0.29) is 55.2 Å². The lowest BCUT2D eigenvalue weighted by atomic mass is 9.89. The Bertz CT molecular complexity index is 1030. The van der Waals surface area contributed by atoms with Gasteiger partial charge in [-0.3, -0.25) is 9.59 Å². The average Bonchev–Trinajstić information content (AvgIpc) is 3.42. The molecule has 2 saturated heterocycles. The molecule has 0 radical (unpaired) electrons. The number of rotatable bonds is 4. The number of amides is 3. The first-order valence-corrected chi connectivity index (χ1v) is 14.8. The molecule has 3 aliphatic heterocycles. The highest BCUT2D eigenvalue weighted by Gasteiger charge is 2.55. The molecule has 5 atom stereocenters. The van der Waals surface area contributed by atoms with E-state index in [2.05, 4.69) is 22.8 Å². The van der Waals surface area contributed by atoms with Crippen molar-refractivity contribution in [3.8, 4) is 0 Å². The van der Waals surface area contributed by atoms with Crippen LogP contribution in [0, 0.1) is 5.92 Å². The van der Waals surface area contributed by atoms with Crippen molar-refractivity contribution in [3.05, 3.63) is 48.0 Å². The van der Waals surface area contributed by atoms with Crippen LogP contribution in [0.1, 0.15) is 77.2 Å². The molecular weight excluding hydrogens is 510 g/mol. The molecule has 0 aromatic heterocycles. The smallest absolute Gasteiger partial charge is 0.408 e. The highest BCUT2D eigenvalue weighted by atomic mass is 16.5. The van der Waals surface area contributed by atoms with Gasteiger partial charge >= 0.3 is 6.09 Å². The lowest BCUT2D eigenvalue weighted by Crippen LogP contribution is -2.56. The van der Waals surface area contributed by atoms with Gasteiger partial charge in [0.05, 0.1) is 24.4 Å². The van der Waals surface area contributed by atoms with Crippen LogP contribution in [0.15, 0.2) is 42.5 Å². The van der Waals surface area contributed by atoms with E-state index in [1.54, 1.807) is 4.90 Å². The minimum absolute atomic E-state index is 0.0999. The van der Waals surface area contributed by atoms with Crippen molar-refractivity contribution in [1.29, 1.82) is 0 Å². The highest BCUT2D eigenvalue weighted by Crippen LogP contribution is 2.43. The number of fused-ring (bicyclic) bond motifs is 3. The molecule has 4 rings (SSSR count). The van der Waals surface area contributed by atoms with Gasteiger partial charge < -0.3 is 30.1 Å². The summed E-state index contributed by atoms with van der Waals surface area (Å²) < 4.78 is 11.7. The second kappa shape index (κ2) is 14.1. The van der Waals surface area contributed by atoms with Gasteiger partial charge in [-0.05, 0) is 64.4 Å². The largest absolute Gasteiger partial charge is 0.445 e. The molecule has 3 N–H and O–H groups in total. The lowest BCUT2D eigenvalue weighted by Gasteiger charge is -2.32. The van der Waals surface area contributed by atoms with Crippen LogP contribution in [-0.4, -0.2) is 70.9 Å². The zero-order valence-corrected chi connectivity index (χ0v) is 23.8. The molecule has 3 amide bonds. The van der Waals surface area contributed by atoms with Gasteiger partial charge in [0.15, 0.2) is 0 Å². The first-order chi connectivity index (χ1) is 19.3. The average molecular weight is 556 g/mol. The van der Waals surface area contributed by atoms with Crippen molar-refractivity contribution < 1.29 is 29.0 Å². The van der Waals surface area contributed by atoms with E-state index in [1.807, 2.05) is 44.2 Å². The normalized spacial score (nSPS) is 30.5. The summed E-state index contributed by atoms with van der Waals surface area (Å²) in [7, 11) is 0. The van der Waals surface area contributed by atoms with E-state index < -0.39 is 18.2 Å². The van der Waals surface area contributed by atoms with Crippen molar-refractivity contribution in [2.24, 2.45) is 5.92 Å². The molecule has 9 heteroatoms. The number of carbonyl (C=O) groups is 3. The van der Waals surface area contributed by atoms with E-state index in [4.69, 9.17) is 9.47 Å². The SMILES string of the molecule is CC1(C)C[C@H]2[C@H](CN3C(=O)[C@@H](NC(=O)OCc4ccccc4)CCCC/C=C/CCCC[C@@H](CO)NC(=O)[C@H]23)O1. The van der Waals surface area contributed by atoms with Crippen molar-refractivity contribution in [2.75, 3.05) is 13.2 Å². The molecule has 1 aromatic carbocycles. The standard InChI is InChI=1S/C31H45N3O6/c1-31(2)18-24-26(40-31)19-34-27(24)28(36)32-23(20-35)16-12-7-5-3-4-6-8-13-17-25(29(34)37)33-30(38)39-21-22-14-10-9-11-15-22/h3-4,9-11,14-15,23-27,35H,5-8,12-13,16-21H2,1-2H3,(H,32,36)(H,33,38)/b4-3+/t23-,24-,25-,26-,27-/m0/s1. The second-order valence-electron chi connectivity index (χ2n) is 11.9. The first kappa shape index (κ1) is 30.1. The molecule has 3 aliphatic rings. The van der Waals surface area contributed by atoms with E-state index >= 15 is 0 Å². The van der Waals surface area contributed by atoms with Crippen LogP contribution in [-0.2, 0) is 25.7 Å². The zero-order chi connectivity index (χ0) is 28.5. The molecule has 1 aromatic rings. The summed E-state index contributed by atoms with van der Waals surface area (Å²) in [6.45, 7) is 4.24. The Hall–Kier alpha value is -2.91. The number of hydrogen-bond donors (Lipinski definition) is 3. The fourth-order valence-corrected chi connectivity index (χ4v) is 6.19. The summed E-state index contributed by atoms with van der Waals surface area (Å²) >= 11 is 0. The van der Waals surface area contributed by atoms with Gasteiger partial charge in [0.1, 0.15) is 18.7 Å². The maximum atomic E-state index is 14.0. The molecule has 3 heterocycles. The van der Waals surface area contributed by atoms with Gasteiger partial charge in [-0.1, -0.05) is 55.3 Å². The summed E-state index contributed by atoms with van der Waals surface area (Å²) in [5.74, 6) is -0.723. The Morgan fingerprint density at radius 2 is 1.80 bits per heavy atom. The third-order valence-corrected chi connectivity index (χ3v) is 8.17. The lowest BCUT2D eigenvalue weighted by molar-refractivity contribution is -0.142. The summed E-state index contributed by atoms with van der Waals surface area (Å²) in [6, 6.07) is 7.46. The van der Waals surface area contributed by atoms with Crippen LogP contribution < -0.4 is 10.6 Å². The second-order valence-corrected chi connectivity index (χ2v) is 11.9. The first-order valence-electron chi connectivity index (χ1n) is 14.8. The number of nitrogens with zero attached hydrogens (tertiary/aromatic N) is 1. The van der Waals surface area contributed by atoms with Gasteiger partial charge in [-0.25, -0.2) is 4.79 Å². The van der Waals surface area contributed by atoms with Crippen LogP contribution in [0.4, 0.5) is 4.79 Å². The quantitative estimate of drug-likeness (QED) is 0.486. The number of ether oxygens (including phenoxy) is 2. The molecule has 220 valence electrons.